The van der Waals surface area contributed by atoms with Crippen LogP contribution in [0.15, 0.2) is 54.6 Å². The van der Waals surface area contributed by atoms with Crippen molar-refractivity contribution in [3.05, 3.63) is 60.2 Å². The Labute approximate surface area is 173 Å². The van der Waals surface area contributed by atoms with Gasteiger partial charge in [0.05, 0.1) is 25.0 Å². The van der Waals surface area contributed by atoms with Gasteiger partial charge in [0.1, 0.15) is 5.75 Å². The maximum atomic E-state index is 12.4. The van der Waals surface area contributed by atoms with Gasteiger partial charge in [-0.25, -0.2) is 4.79 Å². The number of nitrogens with one attached hydrogen (secondary N) is 2. The van der Waals surface area contributed by atoms with Gasteiger partial charge in [0.15, 0.2) is 0 Å². The van der Waals surface area contributed by atoms with Gasteiger partial charge in [-0.05, 0) is 23.6 Å². The molecular formula is C23H31N3O3. The number of hydrogen-bond donors (Lipinski definition) is 2. The van der Waals surface area contributed by atoms with Gasteiger partial charge >= 0.3 is 6.03 Å². The van der Waals surface area contributed by atoms with Crippen LogP contribution in [-0.2, 0) is 11.3 Å². The van der Waals surface area contributed by atoms with Crippen molar-refractivity contribution in [2.24, 2.45) is 5.92 Å². The lowest BCUT2D eigenvalue weighted by Crippen LogP contribution is -2.47. The first-order valence-corrected chi connectivity index (χ1v) is 10.2. The second kappa shape index (κ2) is 10.8. The molecule has 0 spiro atoms. The van der Waals surface area contributed by atoms with Crippen molar-refractivity contribution in [1.82, 2.24) is 10.2 Å². The van der Waals surface area contributed by atoms with E-state index in [4.69, 9.17) is 9.47 Å². The minimum absolute atomic E-state index is 0.0225. The third kappa shape index (κ3) is 7.07. The predicted molar refractivity (Wildman–Crippen MR) is 115 cm³/mol. The van der Waals surface area contributed by atoms with Gasteiger partial charge in [0.25, 0.3) is 0 Å². The third-order valence-electron chi connectivity index (χ3n) is 4.67. The molecule has 1 unspecified atom stereocenters. The lowest BCUT2D eigenvalue weighted by Gasteiger charge is -2.33. The van der Waals surface area contributed by atoms with Crippen molar-refractivity contribution >= 4 is 11.7 Å². The minimum atomic E-state index is -0.255. The average Bonchev–Trinajstić information content (AvgIpc) is 2.73. The third-order valence-corrected chi connectivity index (χ3v) is 4.67. The second-order valence-electron chi connectivity index (χ2n) is 7.75. The lowest BCUT2D eigenvalue weighted by molar-refractivity contribution is -0.0285. The van der Waals surface area contributed by atoms with Crippen molar-refractivity contribution in [2.45, 2.75) is 26.5 Å². The fourth-order valence-electron chi connectivity index (χ4n) is 3.21. The maximum Gasteiger partial charge on any atom is 0.319 e. The van der Waals surface area contributed by atoms with E-state index in [1.54, 1.807) is 0 Å². The van der Waals surface area contributed by atoms with E-state index in [9.17, 15) is 4.79 Å². The molecule has 6 nitrogen and oxygen atoms in total. The summed E-state index contributed by atoms with van der Waals surface area (Å²) in [7, 11) is 0. The van der Waals surface area contributed by atoms with E-state index in [0.29, 0.717) is 37.1 Å². The highest BCUT2D eigenvalue weighted by Gasteiger charge is 2.21. The first kappa shape index (κ1) is 21.1. The summed E-state index contributed by atoms with van der Waals surface area (Å²) in [6.07, 6.45) is -0.0225. The average molecular weight is 398 g/mol. The molecule has 1 aliphatic rings. The van der Waals surface area contributed by atoms with Gasteiger partial charge in [0.2, 0.25) is 0 Å². The second-order valence-corrected chi connectivity index (χ2v) is 7.75. The van der Waals surface area contributed by atoms with Gasteiger partial charge < -0.3 is 20.1 Å². The molecule has 2 amide bonds. The summed E-state index contributed by atoms with van der Waals surface area (Å²) in [6, 6.07) is 17.6. The first-order valence-electron chi connectivity index (χ1n) is 10.2. The molecule has 29 heavy (non-hydrogen) atoms. The van der Waals surface area contributed by atoms with E-state index in [1.165, 1.54) is 5.56 Å². The molecule has 0 bridgehead atoms. The number of urea groups is 1. The Hall–Kier alpha value is -2.57. The molecule has 0 aliphatic carbocycles. The molecule has 1 fully saturated rings. The minimum Gasteiger partial charge on any atom is -0.491 e. The van der Waals surface area contributed by atoms with E-state index in [1.807, 2.05) is 30.3 Å². The number of para-hydroxylation sites is 2. The predicted octanol–water partition coefficient (Wildman–Crippen LogP) is 3.74. The fraction of sp³-hybridized carbons (Fsp3) is 0.435. The Balaban J connectivity index is 1.46. The molecule has 1 heterocycles. The monoisotopic (exact) mass is 397 g/mol. The first-order chi connectivity index (χ1) is 14.1. The number of amides is 2. The molecule has 1 aliphatic heterocycles. The summed E-state index contributed by atoms with van der Waals surface area (Å²) in [5.41, 5.74) is 1.96. The lowest BCUT2D eigenvalue weighted by atomic mass is 10.2. The highest BCUT2D eigenvalue weighted by atomic mass is 16.5. The SMILES string of the molecule is CC(C)COc1ccccc1NC(=O)NCC1CN(Cc2ccccc2)CCO1. The van der Waals surface area contributed by atoms with Crippen LogP contribution in [0.4, 0.5) is 10.5 Å². The van der Waals surface area contributed by atoms with Gasteiger partial charge in [-0.15, -0.1) is 0 Å². The molecule has 1 saturated heterocycles. The highest BCUT2D eigenvalue weighted by molar-refractivity contribution is 5.90. The molecule has 3 rings (SSSR count). The summed E-state index contributed by atoms with van der Waals surface area (Å²) in [5, 5.41) is 5.80. The molecule has 0 radical (unpaired) electrons. The maximum absolute atomic E-state index is 12.4. The van der Waals surface area contributed by atoms with Crippen molar-refractivity contribution in [2.75, 3.05) is 38.2 Å². The largest absolute Gasteiger partial charge is 0.491 e. The van der Waals surface area contributed by atoms with E-state index in [-0.39, 0.29) is 12.1 Å². The zero-order valence-electron chi connectivity index (χ0n) is 17.3. The Morgan fingerprint density at radius 2 is 1.93 bits per heavy atom. The number of benzene rings is 2. The molecule has 2 aromatic carbocycles. The van der Waals surface area contributed by atoms with Crippen LogP contribution < -0.4 is 15.4 Å². The summed E-state index contributed by atoms with van der Waals surface area (Å²) >= 11 is 0. The molecule has 0 saturated carbocycles. The van der Waals surface area contributed by atoms with Gasteiger partial charge in [0, 0.05) is 26.2 Å². The number of rotatable bonds is 8. The van der Waals surface area contributed by atoms with Crippen LogP contribution in [0.2, 0.25) is 0 Å². The van der Waals surface area contributed by atoms with E-state index >= 15 is 0 Å². The van der Waals surface area contributed by atoms with Gasteiger partial charge in [-0.1, -0.05) is 56.3 Å². The van der Waals surface area contributed by atoms with E-state index < -0.39 is 0 Å². The summed E-state index contributed by atoms with van der Waals surface area (Å²) in [6.45, 7) is 8.52. The Morgan fingerprint density at radius 3 is 2.72 bits per heavy atom. The smallest absolute Gasteiger partial charge is 0.319 e. The number of hydrogen-bond acceptors (Lipinski definition) is 4. The van der Waals surface area contributed by atoms with Crippen molar-refractivity contribution in [3.63, 3.8) is 0 Å². The van der Waals surface area contributed by atoms with Gasteiger partial charge in [-0.3, -0.25) is 4.90 Å². The molecule has 156 valence electrons. The Morgan fingerprint density at radius 1 is 1.17 bits per heavy atom. The number of carbonyl (C=O) groups excluding carboxylic acids is 1. The van der Waals surface area contributed by atoms with E-state index in [0.717, 1.165) is 19.6 Å². The van der Waals surface area contributed by atoms with Gasteiger partial charge in [-0.2, -0.15) is 0 Å². The molecule has 0 aromatic heterocycles. The number of morpholine rings is 1. The van der Waals surface area contributed by atoms with Crippen molar-refractivity contribution in [3.8, 4) is 5.75 Å². The standard InChI is InChI=1S/C23H31N3O3/c1-18(2)17-29-22-11-7-6-10-21(22)25-23(27)24-14-20-16-26(12-13-28-20)15-19-8-4-3-5-9-19/h3-11,18,20H,12-17H2,1-2H3,(H2,24,25,27). The summed E-state index contributed by atoms with van der Waals surface area (Å²) < 4.78 is 11.6. The molecule has 2 N–H and O–H groups in total. The number of ether oxygens (including phenoxy) is 2. The van der Waals surface area contributed by atoms with Crippen LogP contribution in [0.25, 0.3) is 0 Å². The van der Waals surface area contributed by atoms with Crippen molar-refractivity contribution < 1.29 is 14.3 Å². The summed E-state index contributed by atoms with van der Waals surface area (Å²) in [4.78, 5) is 14.7. The van der Waals surface area contributed by atoms with Crippen molar-refractivity contribution in [1.29, 1.82) is 0 Å². The molecule has 2 aromatic rings. The summed E-state index contributed by atoms with van der Waals surface area (Å²) in [5.74, 6) is 1.10. The van der Waals surface area contributed by atoms with Crippen LogP contribution in [0, 0.1) is 5.92 Å². The van der Waals surface area contributed by atoms with Crippen LogP contribution in [0.5, 0.6) is 5.75 Å². The van der Waals surface area contributed by atoms with Crippen LogP contribution in [0.1, 0.15) is 19.4 Å². The zero-order valence-corrected chi connectivity index (χ0v) is 17.3. The number of anilines is 1. The topological polar surface area (TPSA) is 62.8 Å². The van der Waals surface area contributed by atoms with Crippen LogP contribution in [-0.4, -0.2) is 49.9 Å². The van der Waals surface area contributed by atoms with Crippen LogP contribution in [0.3, 0.4) is 0 Å². The number of carbonyl (C=O) groups is 1. The number of nitrogens with zero attached hydrogens (tertiary/aromatic N) is 1. The quantitative estimate of drug-likeness (QED) is 0.712. The fourth-order valence-corrected chi connectivity index (χ4v) is 3.21. The van der Waals surface area contributed by atoms with E-state index in [2.05, 4.69) is 53.6 Å². The zero-order chi connectivity index (χ0) is 20.5. The Bertz CT molecular complexity index is 767. The highest BCUT2D eigenvalue weighted by Crippen LogP contribution is 2.24. The van der Waals surface area contributed by atoms with Crippen LogP contribution >= 0.6 is 0 Å². The normalized spacial score (nSPS) is 17.1. The Kier molecular flexibility index (Phi) is 7.90. The molecule has 1 atom stereocenters. The molecular weight excluding hydrogens is 366 g/mol. The molecule has 6 heteroatoms.